The van der Waals surface area contributed by atoms with Crippen LogP contribution in [-0.2, 0) is 4.74 Å². The molecule has 2 rings (SSSR count). The van der Waals surface area contributed by atoms with Crippen LogP contribution in [0.25, 0.3) is 0 Å². The average Bonchev–Trinajstić information content (AvgIpc) is 2.48. The topological polar surface area (TPSA) is 33.7 Å². The zero-order valence-corrected chi connectivity index (χ0v) is 12.2. The van der Waals surface area contributed by atoms with Crippen LogP contribution in [0.15, 0.2) is 24.3 Å². The van der Waals surface area contributed by atoms with Crippen molar-refractivity contribution >= 4 is 0 Å². The molecule has 1 atom stereocenters. The van der Waals surface area contributed by atoms with E-state index in [4.69, 9.17) is 4.74 Å². The van der Waals surface area contributed by atoms with Crippen LogP contribution in [0.3, 0.4) is 0 Å². The first-order valence-corrected chi connectivity index (χ1v) is 7.23. The van der Waals surface area contributed by atoms with E-state index < -0.39 is 6.61 Å². The summed E-state index contributed by atoms with van der Waals surface area (Å²) in [5.41, 5.74) is 1.05. The summed E-state index contributed by atoms with van der Waals surface area (Å²) in [5, 5.41) is 3.43. The average molecular weight is 300 g/mol. The molecule has 1 aromatic carbocycles. The molecule has 1 aromatic rings. The van der Waals surface area contributed by atoms with Crippen molar-refractivity contribution in [1.82, 2.24) is 10.2 Å². The summed E-state index contributed by atoms with van der Waals surface area (Å²) in [6, 6.07) is 6.93. The first-order chi connectivity index (χ1) is 10.1. The monoisotopic (exact) mass is 300 g/mol. The molecule has 1 N–H and O–H groups in total. The van der Waals surface area contributed by atoms with Gasteiger partial charge >= 0.3 is 6.61 Å². The Hall–Kier alpha value is -1.24. The summed E-state index contributed by atoms with van der Waals surface area (Å²) in [6.07, 6.45) is 0. The highest BCUT2D eigenvalue weighted by Gasteiger charge is 2.11. The van der Waals surface area contributed by atoms with E-state index in [0.29, 0.717) is 0 Å². The summed E-state index contributed by atoms with van der Waals surface area (Å²) in [7, 11) is 0. The Morgan fingerprint density at radius 3 is 2.52 bits per heavy atom. The lowest BCUT2D eigenvalue weighted by Crippen LogP contribution is -2.40. The van der Waals surface area contributed by atoms with E-state index in [1.165, 1.54) is 0 Å². The summed E-state index contributed by atoms with van der Waals surface area (Å²) >= 11 is 0. The molecule has 0 saturated carbocycles. The fourth-order valence-corrected chi connectivity index (χ4v) is 2.32. The maximum atomic E-state index is 12.1. The van der Waals surface area contributed by atoms with E-state index in [2.05, 4.69) is 21.9 Å². The van der Waals surface area contributed by atoms with Gasteiger partial charge in [-0.2, -0.15) is 8.78 Å². The van der Waals surface area contributed by atoms with Crippen LogP contribution in [0.4, 0.5) is 8.78 Å². The highest BCUT2D eigenvalue weighted by atomic mass is 19.3. The number of hydrogen-bond acceptors (Lipinski definition) is 4. The van der Waals surface area contributed by atoms with Gasteiger partial charge in [0.1, 0.15) is 5.75 Å². The van der Waals surface area contributed by atoms with E-state index in [9.17, 15) is 8.78 Å². The molecule has 0 aromatic heterocycles. The second kappa shape index (κ2) is 8.26. The lowest BCUT2D eigenvalue weighted by molar-refractivity contribution is -0.0498. The van der Waals surface area contributed by atoms with Gasteiger partial charge in [0, 0.05) is 32.2 Å². The van der Waals surface area contributed by atoms with Gasteiger partial charge in [-0.05, 0) is 24.6 Å². The summed E-state index contributed by atoms with van der Waals surface area (Å²) in [5.74, 6) is 0.189. The maximum absolute atomic E-state index is 12.1. The number of benzene rings is 1. The molecule has 4 nitrogen and oxygen atoms in total. The number of nitrogens with one attached hydrogen (secondary N) is 1. The van der Waals surface area contributed by atoms with Gasteiger partial charge in [-0.1, -0.05) is 12.1 Å². The molecule has 0 spiro atoms. The molecule has 6 heteroatoms. The molecule has 1 fully saturated rings. The number of halogens is 2. The molecular formula is C15H22F2N2O2. The van der Waals surface area contributed by atoms with Crippen LogP contribution in [-0.4, -0.2) is 50.9 Å². The number of ether oxygens (including phenoxy) is 2. The Balaban J connectivity index is 1.73. The Kier molecular flexibility index (Phi) is 6.35. The molecule has 118 valence electrons. The molecule has 1 heterocycles. The summed E-state index contributed by atoms with van der Waals surface area (Å²) < 4.78 is 33.8. The zero-order valence-electron chi connectivity index (χ0n) is 12.2. The van der Waals surface area contributed by atoms with Crippen molar-refractivity contribution in [1.29, 1.82) is 0 Å². The van der Waals surface area contributed by atoms with E-state index in [1.54, 1.807) is 12.1 Å². The summed E-state index contributed by atoms with van der Waals surface area (Å²) in [6.45, 7) is 4.73. The fourth-order valence-electron chi connectivity index (χ4n) is 2.32. The molecule has 1 aliphatic heterocycles. The van der Waals surface area contributed by atoms with Gasteiger partial charge in [-0.3, -0.25) is 4.90 Å². The zero-order chi connectivity index (χ0) is 15.1. The van der Waals surface area contributed by atoms with E-state index in [0.717, 1.165) is 45.0 Å². The number of morpholine rings is 1. The van der Waals surface area contributed by atoms with E-state index >= 15 is 0 Å². The Morgan fingerprint density at radius 2 is 1.90 bits per heavy atom. The molecule has 0 amide bonds. The first kappa shape index (κ1) is 16.1. The van der Waals surface area contributed by atoms with Crippen molar-refractivity contribution in [3.63, 3.8) is 0 Å². The van der Waals surface area contributed by atoms with Crippen molar-refractivity contribution in [3.8, 4) is 5.75 Å². The van der Waals surface area contributed by atoms with Gasteiger partial charge < -0.3 is 14.8 Å². The standard InChI is InChI=1S/C15H22F2N2O2/c1-12(18-6-7-19-8-10-20-11-9-19)13-2-4-14(5-3-13)21-15(16)17/h2-5,12,15,18H,6-11H2,1H3. The van der Waals surface area contributed by atoms with Crippen molar-refractivity contribution in [2.45, 2.75) is 19.6 Å². The molecule has 21 heavy (non-hydrogen) atoms. The second-order valence-electron chi connectivity index (χ2n) is 5.08. The van der Waals surface area contributed by atoms with Crippen LogP contribution in [0.2, 0.25) is 0 Å². The van der Waals surface area contributed by atoms with Gasteiger partial charge in [0.25, 0.3) is 0 Å². The fraction of sp³-hybridized carbons (Fsp3) is 0.600. The molecule has 1 aliphatic rings. The van der Waals surface area contributed by atoms with Gasteiger partial charge in [-0.25, -0.2) is 0 Å². The van der Waals surface area contributed by atoms with Crippen molar-refractivity contribution in [3.05, 3.63) is 29.8 Å². The SMILES string of the molecule is CC(NCCN1CCOCC1)c1ccc(OC(F)F)cc1. The van der Waals surface area contributed by atoms with Crippen molar-refractivity contribution < 1.29 is 18.3 Å². The third-order valence-electron chi connectivity index (χ3n) is 3.59. The highest BCUT2D eigenvalue weighted by molar-refractivity contribution is 5.28. The van der Waals surface area contributed by atoms with Crippen LogP contribution >= 0.6 is 0 Å². The normalized spacial score (nSPS) is 17.9. The molecule has 1 unspecified atom stereocenters. The minimum absolute atomic E-state index is 0.173. The van der Waals surface area contributed by atoms with Gasteiger partial charge in [0.05, 0.1) is 13.2 Å². The van der Waals surface area contributed by atoms with Gasteiger partial charge in [0.15, 0.2) is 0 Å². The summed E-state index contributed by atoms with van der Waals surface area (Å²) in [4.78, 5) is 2.36. The van der Waals surface area contributed by atoms with E-state index in [-0.39, 0.29) is 11.8 Å². The highest BCUT2D eigenvalue weighted by Crippen LogP contribution is 2.19. The molecular weight excluding hydrogens is 278 g/mol. The predicted molar refractivity (Wildman–Crippen MR) is 76.8 cm³/mol. The second-order valence-corrected chi connectivity index (χ2v) is 5.08. The quantitative estimate of drug-likeness (QED) is 0.837. The van der Waals surface area contributed by atoms with Crippen molar-refractivity contribution in [2.75, 3.05) is 39.4 Å². The molecule has 1 saturated heterocycles. The molecule has 0 radical (unpaired) electrons. The lowest BCUT2D eigenvalue weighted by atomic mass is 10.1. The third kappa shape index (κ3) is 5.57. The van der Waals surface area contributed by atoms with Crippen LogP contribution in [0.5, 0.6) is 5.75 Å². The minimum Gasteiger partial charge on any atom is -0.435 e. The first-order valence-electron chi connectivity index (χ1n) is 7.23. The Bertz CT molecular complexity index is 409. The number of rotatable bonds is 7. The Morgan fingerprint density at radius 1 is 1.24 bits per heavy atom. The minimum atomic E-state index is -2.78. The number of hydrogen-bond donors (Lipinski definition) is 1. The maximum Gasteiger partial charge on any atom is 0.387 e. The van der Waals surface area contributed by atoms with Gasteiger partial charge in [-0.15, -0.1) is 0 Å². The van der Waals surface area contributed by atoms with Crippen molar-refractivity contribution in [2.24, 2.45) is 0 Å². The predicted octanol–water partition coefficient (Wildman–Crippen LogP) is 2.27. The van der Waals surface area contributed by atoms with Gasteiger partial charge in [0.2, 0.25) is 0 Å². The van der Waals surface area contributed by atoms with Crippen LogP contribution in [0, 0.1) is 0 Å². The largest absolute Gasteiger partial charge is 0.435 e. The van der Waals surface area contributed by atoms with Crippen LogP contribution < -0.4 is 10.1 Å². The van der Waals surface area contributed by atoms with Crippen LogP contribution in [0.1, 0.15) is 18.5 Å². The third-order valence-corrected chi connectivity index (χ3v) is 3.59. The Labute approximate surface area is 124 Å². The van der Waals surface area contributed by atoms with E-state index in [1.807, 2.05) is 12.1 Å². The molecule has 0 bridgehead atoms. The molecule has 0 aliphatic carbocycles. The number of nitrogens with zero attached hydrogens (tertiary/aromatic N) is 1. The lowest BCUT2D eigenvalue weighted by Gasteiger charge is -2.27. The number of alkyl halides is 2. The smallest absolute Gasteiger partial charge is 0.387 e.